The van der Waals surface area contributed by atoms with Crippen LogP contribution >= 0.6 is 0 Å². The maximum absolute atomic E-state index is 12.3. The van der Waals surface area contributed by atoms with E-state index in [1.807, 2.05) is 50.2 Å². The smallest absolute Gasteiger partial charge is 0.255 e. The molecule has 0 radical (unpaired) electrons. The lowest BCUT2D eigenvalue weighted by Gasteiger charge is -2.12. The van der Waals surface area contributed by atoms with E-state index in [2.05, 4.69) is 16.0 Å². The van der Waals surface area contributed by atoms with E-state index in [-0.39, 0.29) is 18.4 Å². The van der Waals surface area contributed by atoms with E-state index in [0.29, 0.717) is 16.9 Å². The molecule has 3 N–H and O–H groups in total. The fraction of sp³-hybridized carbons (Fsp3) is 0.130. The second kappa shape index (κ2) is 8.86. The number of nitrogens with one attached hydrogen (secondary N) is 3. The van der Waals surface area contributed by atoms with Crippen LogP contribution in [0.2, 0.25) is 0 Å². The van der Waals surface area contributed by atoms with Crippen LogP contribution in [-0.2, 0) is 4.79 Å². The lowest BCUT2D eigenvalue weighted by atomic mass is 10.1. The molecule has 0 atom stereocenters. The zero-order valence-corrected chi connectivity index (χ0v) is 16.0. The summed E-state index contributed by atoms with van der Waals surface area (Å²) in [5.41, 5.74) is 5.06. The summed E-state index contributed by atoms with van der Waals surface area (Å²) in [5, 5.41) is 8.84. The van der Waals surface area contributed by atoms with Crippen molar-refractivity contribution < 1.29 is 9.59 Å². The molecule has 28 heavy (non-hydrogen) atoms. The third-order valence-electron chi connectivity index (χ3n) is 4.48. The average Bonchev–Trinajstić information content (AvgIpc) is 2.70. The first-order valence-corrected chi connectivity index (χ1v) is 9.09. The molecular formula is C23H23N3O2. The summed E-state index contributed by atoms with van der Waals surface area (Å²) in [7, 11) is 0. The quantitative estimate of drug-likeness (QED) is 0.591. The highest BCUT2D eigenvalue weighted by Gasteiger charge is 2.08. The van der Waals surface area contributed by atoms with Gasteiger partial charge >= 0.3 is 0 Å². The number of hydrogen-bond donors (Lipinski definition) is 3. The Hall–Kier alpha value is -3.60. The minimum atomic E-state index is -0.194. The van der Waals surface area contributed by atoms with Gasteiger partial charge in [0, 0.05) is 22.6 Å². The summed E-state index contributed by atoms with van der Waals surface area (Å²) in [6, 6.07) is 22.0. The predicted molar refractivity (Wildman–Crippen MR) is 114 cm³/mol. The van der Waals surface area contributed by atoms with Crippen molar-refractivity contribution in [2.45, 2.75) is 13.8 Å². The molecule has 0 heterocycles. The number of aryl methyl sites for hydroxylation is 1. The van der Waals surface area contributed by atoms with Gasteiger partial charge in [-0.15, -0.1) is 0 Å². The van der Waals surface area contributed by atoms with Crippen molar-refractivity contribution in [3.8, 4) is 0 Å². The summed E-state index contributed by atoms with van der Waals surface area (Å²) < 4.78 is 0. The molecule has 2 amide bonds. The van der Waals surface area contributed by atoms with Gasteiger partial charge in [-0.25, -0.2) is 0 Å². The first kappa shape index (κ1) is 19.2. The normalized spacial score (nSPS) is 10.2. The Kier molecular flexibility index (Phi) is 6.07. The van der Waals surface area contributed by atoms with Crippen molar-refractivity contribution in [2.75, 3.05) is 22.5 Å². The molecule has 142 valence electrons. The van der Waals surface area contributed by atoms with Gasteiger partial charge in [-0.1, -0.05) is 36.4 Å². The van der Waals surface area contributed by atoms with Gasteiger partial charge in [-0.05, 0) is 61.4 Å². The van der Waals surface area contributed by atoms with Crippen LogP contribution in [0, 0.1) is 13.8 Å². The van der Waals surface area contributed by atoms with Crippen molar-refractivity contribution in [3.05, 3.63) is 89.5 Å². The van der Waals surface area contributed by atoms with Crippen LogP contribution in [0.15, 0.2) is 72.8 Å². The standard InChI is InChI=1S/C23H23N3O2/c1-16-8-6-13-21(17(16)2)24-15-22(27)25-19-11-7-12-20(14-19)26-23(28)18-9-4-3-5-10-18/h3-14,24H,15H2,1-2H3,(H,25,27)(H,26,28). The van der Waals surface area contributed by atoms with Gasteiger partial charge in [0.15, 0.2) is 0 Å². The van der Waals surface area contributed by atoms with Crippen LogP contribution in [0.5, 0.6) is 0 Å². The Morgan fingerprint density at radius 2 is 1.46 bits per heavy atom. The maximum Gasteiger partial charge on any atom is 0.255 e. The van der Waals surface area contributed by atoms with E-state index in [1.165, 1.54) is 5.56 Å². The molecular weight excluding hydrogens is 350 g/mol. The van der Waals surface area contributed by atoms with Crippen molar-refractivity contribution in [1.29, 1.82) is 0 Å². The van der Waals surface area contributed by atoms with E-state index in [9.17, 15) is 9.59 Å². The third kappa shape index (κ3) is 4.98. The largest absolute Gasteiger partial charge is 0.376 e. The molecule has 0 spiro atoms. The van der Waals surface area contributed by atoms with Crippen LogP contribution in [0.25, 0.3) is 0 Å². The molecule has 0 saturated carbocycles. The Balaban J connectivity index is 1.58. The topological polar surface area (TPSA) is 70.2 Å². The third-order valence-corrected chi connectivity index (χ3v) is 4.48. The molecule has 5 heteroatoms. The molecule has 0 aliphatic rings. The highest BCUT2D eigenvalue weighted by Crippen LogP contribution is 2.18. The van der Waals surface area contributed by atoms with Crippen LogP contribution in [-0.4, -0.2) is 18.4 Å². The van der Waals surface area contributed by atoms with Crippen LogP contribution in [0.1, 0.15) is 21.5 Å². The number of benzene rings is 3. The summed E-state index contributed by atoms with van der Waals surface area (Å²) in [6.45, 7) is 4.22. The number of rotatable bonds is 6. The van der Waals surface area contributed by atoms with Crippen molar-refractivity contribution in [2.24, 2.45) is 0 Å². The Labute approximate surface area is 164 Å². The molecule has 3 aromatic rings. The number of hydrogen-bond acceptors (Lipinski definition) is 3. The lowest BCUT2D eigenvalue weighted by Crippen LogP contribution is -2.22. The second-order valence-electron chi connectivity index (χ2n) is 6.55. The molecule has 0 unspecified atom stereocenters. The van der Waals surface area contributed by atoms with Crippen molar-refractivity contribution >= 4 is 28.9 Å². The van der Waals surface area contributed by atoms with E-state index in [4.69, 9.17) is 0 Å². The number of carbonyl (C=O) groups excluding carboxylic acids is 2. The zero-order valence-electron chi connectivity index (χ0n) is 16.0. The molecule has 0 aliphatic carbocycles. The van der Waals surface area contributed by atoms with Crippen LogP contribution in [0.4, 0.5) is 17.1 Å². The zero-order chi connectivity index (χ0) is 19.9. The van der Waals surface area contributed by atoms with Gasteiger partial charge < -0.3 is 16.0 Å². The summed E-state index contributed by atoms with van der Waals surface area (Å²) in [4.78, 5) is 24.5. The first-order chi connectivity index (χ1) is 13.5. The van der Waals surface area contributed by atoms with Crippen molar-refractivity contribution in [3.63, 3.8) is 0 Å². The van der Waals surface area contributed by atoms with E-state index in [1.54, 1.807) is 36.4 Å². The second-order valence-corrected chi connectivity index (χ2v) is 6.55. The molecule has 3 aromatic carbocycles. The summed E-state index contributed by atoms with van der Waals surface area (Å²) in [5.74, 6) is -0.354. The Morgan fingerprint density at radius 1 is 0.786 bits per heavy atom. The van der Waals surface area contributed by atoms with Crippen molar-refractivity contribution in [1.82, 2.24) is 0 Å². The van der Waals surface area contributed by atoms with E-state index in [0.717, 1.165) is 11.3 Å². The number of anilines is 3. The van der Waals surface area contributed by atoms with E-state index >= 15 is 0 Å². The highest BCUT2D eigenvalue weighted by atomic mass is 16.2. The highest BCUT2D eigenvalue weighted by molar-refractivity contribution is 6.04. The molecule has 0 aliphatic heterocycles. The number of carbonyl (C=O) groups is 2. The first-order valence-electron chi connectivity index (χ1n) is 9.09. The lowest BCUT2D eigenvalue weighted by molar-refractivity contribution is -0.114. The molecule has 0 bridgehead atoms. The molecule has 3 rings (SSSR count). The Morgan fingerprint density at radius 3 is 2.21 bits per heavy atom. The molecule has 5 nitrogen and oxygen atoms in total. The van der Waals surface area contributed by atoms with Gasteiger partial charge in [0.25, 0.3) is 5.91 Å². The maximum atomic E-state index is 12.3. The van der Waals surface area contributed by atoms with E-state index < -0.39 is 0 Å². The predicted octanol–water partition coefficient (Wildman–Crippen LogP) is 4.61. The summed E-state index contributed by atoms with van der Waals surface area (Å²) >= 11 is 0. The minimum absolute atomic E-state index is 0.158. The fourth-order valence-corrected chi connectivity index (χ4v) is 2.79. The molecule has 0 saturated heterocycles. The average molecular weight is 373 g/mol. The van der Waals surface area contributed by atoms with Gasteiger partial charge in [-0.3, -0.25) is 9.59 Å². The number of amides is 2. The van der Waals surface area contributed by atoms with Gasteiger partial charge in [-0.2, -0.15) is 0 Å². The van der Waals surface area contributed by atoms with Gasteiger partial charge in [0.2, 0.25) is 5.91 Å². The fourth-order valence-electron chi connectivity index (χ4n) is 2.79. The van der Waals surface area contributed by atoms with Crippen LogP contribution < -0.4 is 16.0 Å². The minimum Gasteiger partial charge on any atom is -0.376 e. The summed E-state index contributed by atoms with van der Waals surface area (Å²) in [6.07, 6.45) is 0. The molecule has 0 aromatic heterocycles. The van der Waals surface area contributed by atoms with Gasteiger partial charge in [0.1, 0.15) is 0 Å². The van der Waals surface area contributed by atoms with Crippen LogP contribution in [0.3, 0.4) is 0 Å². The monoisotopic (exact) mass is 373 g/mol. The van der Waals surface area contributed by atoms with Gasteiger partial charge in [0.05, 0.1) is 6.54 Å². The molecule has 0 fully saturated rings. The Bertz CT molecular complexity index is 984. The SMILES string of the molecule is Cc1cccc(NCC(=O)Nc2cccc(NC(=O)c3ccccc3)c2)c1C.